The van der Waals surface area contributed by atoms with Gasteiger partial charge in [-0.1, -0.05) is 13.3 Å². The van der Waals surface area contributed by atoms with Gasteiger partial charge in [-0.2, -0.15) is 0 Å². The highest BCUT2D eigenvalue weighted by molar-refractivity contribution is 5.97. The number of hydrogen-bond acceptors (Lipinski definition) is 2. The Morgan fingerprint density at radius 2 is 2.29 bits per heavy atom. The molecule has 0 radical (unpaired) electrons. The summed E-state index contributed by atoms with van der Waals surface area (Å²) in [5, 5.41) is 0. The molecular formula is C12H18O2. The van der Waals surface area contributed by atoms with Crippen LogP contribution in [0.1, 0.15) is 46.0 Å². The largest absolute Gasteiger partial charge is 0.487 e. The van der Waals surface area contributed by atoms with Gasteiger partial charge in [0.15, 0.2) is 11.5 Å². The average Bonchev–Trinajstić information content (AvgIpc) is 2.44. The third-order valence-corrected chi connectivity index (χ3v) is 3.25. The van der Waals surface area contributed by atoms with Gasteiger partial charge in [-0.05, 0) is 37.7 Å². The Balaban J connectivity index is 2.18. The summed E-state index contributed by atoms with van der Waals surface area (Å²) >= 11 is 0. The van der Waals surface area contributed by atoms with E-state index in [1.165, 1.54) is 5.57 Å². The summed E-state index contributed by atoms with van der Waals surface area (Å²) in [7, 11) is 0. The Kier molecular flexibility index (Phi) is 2.62. The normalized spacial score (nSPS) is 31.7. The van der Waals surface area contributed by atoms with E-state index in [1.807, 2.05) is 6.92 Å². The van der Waals surface area contributed by atoms with Crippen LogP contribution in [0.5, 0.6) is 0 Å². The van der Waals surface area contributed by atoms with Gasteiger partial charge in [0.2, 0.25) is 0 Å². The van der Waals surface area contributed by atoms with Crippen molar-refractivity contribution in [2.75, 3.05) is 0 Å². The van der Waals surface area contributed by atoms with Gasteiger partial charge < -0.3 is 4.74 Å². The molecule has 2 nitrogen and oxygen atoms in total. The first kappa shape index (κ1) is 9.75. The zero-order chi connectivity index (χ0) is 10.1. The molecular weight excluding hydrogens is 176 g/mol. The van der Waals surface area contributed by atoms with E-state index < -0.39 is 0 Å². The molecule has 0 aromatic rings. The van der Waals surface area contributed by atoms with Crippen molar-refractivity contribution in [3.63, 3.8) is 0 Å². The molecule has 0 unspecified atom stereocenters. The molecule has 0 aromatic heterocycles. The van der Waals surface area contributed by atoms with E-state index in [9.17, 15) is 4.79 Å². The lowest BCUT2D eigenvalue weighted by Crippen LogP contribution is -2.17. The first-order valence-electron chi connectivity index (χ1n) is 5.65. The molecule has 0 aromatic carbocycles. The summed E-state index contributed by atoms with van der Waals surface area (Å²) < 4.78 is 5.63. The minimum atomic E-state index is 0.234. The van der Waals surface area contributed by atoms with E-state index in [4.69, 9.17) is 4.74 Å². The zero-order valence-corrected chi connectivity index (χ0v) is 9.01. The zero-order valence-electron chi connectivity index (χ0n) is 9.01. The van der Waals surface area contributed by atoms with Crippen molar-refractivity contribution in [2.24, 2.45) is 5.92 Å². The van der Waals surface area contributed by atoms with Gasteiger partial charge in [0.25, 0.3) is 0 Å². The van der Waals surface area contributed by atoms with Crippen molar-refractivity contribution < 1.29 is 9.53 Å². The highest BCUT2D eigenvalue weighted by Crippen LogP contribution is 2.39. The smallest absolute Gasteiger partial charge is 0.197 e. The van der Waals surface area contributed by atoms with Crippen LogP contribution in [-0.2, 0) is 9.53 Å². The third kappa shape index (κ3) is 1.58. The molecule has 0 N–H and O–H groups in total. The fourth-order valence-corrected chi connectivity index (χ4v) is 2.51. The molecule has 2 atom stereocenters. The molecule has 2 aliphatic rings. The Bertz CT molecular complexity index is 278. The molecule has 2 heteroatoms. The molecule has 0 saturated carbocycles. The van der Waals surface area contributed by atoms with E-state index in [1.54, 1.807) is 0 Å². The Hall–Kier alpha value is -0.790. The van der Waals surface area contributed by atoms with Crippen molar-refractivity contribution in [3.8, 4) is 0 Å². The fourth-order valence-electron chi connectivity index (χ4n) is 2.51. The van der Waals surface area contributed by atoms with Crippen LogP contribution in [0.25, 0.3) is 0 Å². The molecule has 1 heterocycles. The topological polar surface area (TPSA) is 26.3 Å². The Morgan fingerprint density at radius 3 is 3.00 bits per heavy atom. The monoisotopic (exact) mass is 194 g/mol. The predicted octanol–water partition coefficient (Wildman–Crippen LogP) is 2.83. The quantitative estimate of drug-likeness (QED) is 0.675. The molecule has 0 fully saturated rings. The predicted molar refractivity (Wildman–Crippen MR) is 54.8 cm³/mol. The van der Waals surface area contributed by atoms with Crippen LogP contribution in [0.2, 0.25) is 0 Å². The maximum Gasteiger partial charge on any atom is 0.197 e. The summed E-state index contributed by atoms with van der Waals surface area (Å²) in [6.45, 7) is 4.22. The van der Waals surface area contributed by atoms with Crippen LogP contribution in [0, 0.1) is 5.92 Å². The summed E-state index contributed by atoms with van der Waals surface area (Å²) in [6.07, 6.45) is 5.38. The van der Waals surface area contributed by atoms with Gasteiger partial charge in [0.1, 0.15) is 0 Å². The van der Waals surface area contributed by atoms with Crippen LogP contribution in [0.4, 0.5) is 0 Å². The van der Waals surface area contributed by atoms with E-state index in [-0.39, 0.29) is 11.9 Å². The fraction of sp³-hybridized carbons (Fsp3) is 0.750. The molecule has 1 aliphatic heterocycles. The second-order valence-corrected chi connectivity index (χ2v) is 4.43. The van der Waals surface area contributed by atoms with Crippen LogP contribution >= 0.6 is 0 Å². The molecule has 0 saturated heterocycles. The highest BCUT2D eigenvalue weighted by atomic mass is 16.5. The number of Topliss-reactive ketones (excluding diaryl/α,β-unsaturated/α-hetero) is 1. The Morgan fingerprint density at radius 1 is 1.50 bits per heavy atom. The van der Waals surface area contributed by atoms with Gasteiger partial charge in [0.05, 0.1) is 6.10 Å². The van der Waals surface area contributed by atoms with E-state index in [0.29, 0.717) is 12.3 Å². The maximum atomic E-state index is 11.7. The summed E-state index contributed by atoms with van der Waals surface area (Å²) in [4.78, 5) is 11.7. The molecule has 0 spiro atoms. The SMILES string of the molecule is CCC[C@H]1CC(=O)C2=C1CC[C@@H](C)O2. The standard InChI is InChI=1S/C12H18O2/c1-3-4-9-7-11(13)12-10(9)6-5-8(2)14-12/h8-9H,3-7H2,1-2H3/t8-,9+/m1/s1. The van der Waals surface area contributed by atoms with Crippen LogP contribution in [0.3, 0.4) is 0 Å². The van der Waals surface area contributed by atoms with Crippen molar-refractivity contribution >= 4 is 5.78 Å². The lowest BCUT2D eigenvalue weighted by atomic mass is 9.91. The summed E-state index contributed by atoms with van der Waals surface area (Å²) in [5.74, 6) is 1.46. The number of ether oxygens (including phenoxy) is 1. The van der Waals surface area contributed by atoms with Crippen molar-refractivity contribution in [1.29, 1.82) is 0 Å². The maximum absolute atomic E-state index is 11.7. The lowest BCUT2D eigenvalue weighted by Gasteiger charge is -2.23. The molecule has 1 aliphatic carbocycles. The molecule has 14 heavy (non-hydrogen) atoms. The minimum absolute atomic E-state index is 0.234. The number of carbonyl (C=O) groups excluding carboxylic acids is 1. The number of allylic oxidation sites excluding steroid dienone is 2. The number of hydrogen-bond donors (Lipinski definition) is 0. The average molecular weight is 194 g/mol. The molecule has 0 amide bonds. The number of carbonyl (C=O) groups is 1. The number of rotatable bonds is 2. The second kappa shape index (κ2) is 3.76. The van der Waals surface area contributed by atoms with Gasteiger partial charge >= 0.3 is 0 Å². The number of ketones is 1. The van der Waals surface area contributed by atoms with Gasteiger partial charge in [-0.15, -0.1) is 0 Å². The first-order chi connectivity index (χ1) is 6.72. The van der Waals surface area contributed by atoms with Gasteiger partial charge in [-0.3, -0.25) is 4.79 Å². The summed E-state index contributed by atoms with van der Waals surface area (Å²) in [5.41, 5.74) is 1.31. The second-order valence-electron chi connectivity index (χ2n) is 4.43. The third-order valence-electron chi connectivity index (χ3n) is 3.25. The van der Waals surface area contributed by atoms with E-state index in [0.717, 1.165) is 31.4 Å². The van der Waals surface area contributed by atoms with Crippen LogP contribution < -0.4 is 0 Å². The first-order valence-corrected chi connectivity index (χ1v) is 5.65. The van der Waals surface area contributed by atoms with Crippen LogP contribution in [-0.4, -0.2) is 11.9 Å². The minimum Gasteiger partial charge on any atom is -0.487 e. The molecule has 0 bridgehead atoms. The highest BCUT2D eigenvalue weighted by Gasteiger charge is 2.36. The lowest BCUT2D eigenvalue weighted by molar-refractivity contribution is -0.119. The van der Waals surface area contributed by atoms with Crippen molar-refractivity contribution in [2.45, 2.75) is 52.1 Å². The Labute approximate surface area is 85.3 Å². The van der Waals surface area contributed by atoms with E-state index >= 15 is 0 Å². The van der Waals surface area contributed by atoms with Crippen molar-refractivity contribution in [3.05, 3.63) is 11.3 Å². The summed E-state index contributed by atoms with van der Waals surface area (Å²) in [6, 6.07) is 0. The molecule has 78 valence electrons. The van der Waals surface area contributed by atoms with Crippen LogP contribution in [0.15, 0.2) is 11.3 Å². The molecule has 2 rings (SSSR count). The van der Waals surface area contributed by atoms with Crippen molar-refractivity contribution in [1.82, 2.24) is 0 Å². The van der Waals surface area contributed by atoms with Gasteiger partial charge in [0, 0.05) is 6.42 Å². The van der Waals surface area contributed by atoms with E-state index in [2.05, 4.69) is 6.92 Å². The van der Waals surface area contributed by atoms with Gasteiger partial charge in [-0.25, -0.2) is 0 Å².